The average Bonchev–Trinajstić information content (AvgIpc) is 3.02. The molecule has 0 spiro atoms. The lowest BCUT2D eigenvalue weighted by molar-refractivity contribution is -0.119. The van der Waals surface area contributed by atoms with Crippen molar-refractivity contribution in [1.82, 2.24) is 10.0 Å². The molecule has 1 fully saturated rings. The van der Waals surface area contributed by atoms with Crippen LogP contribution in [0.2, 0.25) is 0 Å². The average molecular weight is 344 g/mol. The first-order chi connectivity index (χ1) is 11.5. The van der Waals surface area contributed by atoms with Crippen LogP contribution in [-0.4, -0.2) is 27.4 Å². The summed E-state index contributed by atoms with van der Waals surface area (Å²) < 4.78 is 27.3. The van der Waals surface area contributed by atoms with Gasteiger partial charge in [-0.1, -0.05) is 42.5 Å². The van der Waals surface area contributed by atoms with E-state index in [0.717, 1.165) is 11.1 Å². The Kier molecular flexibility index (Phi) is 4.97. The predicted octanol–water partition coefficient (Wildman–Crippen LogP) is 1.81. The van der Waals surface area contributed by atoms with Crippen LogP contribution in [0.5, 0.6) is 0 Å². The molecule has 2 aromatic carbocycles. The van der Waals surface area contributed by atoms with E-state index in [1.165, 1.54) is 0 Å². The zero-order chi connectivity index (χ0) is 17.0. The van der Waals surface area contributed by atoms with E-state index in [-0.39, 0.29) is 16.7 Å². The van der Waals surface area contributed by atoms with Gasteiger partial charge in [0.2, 0.25) is 15.9 Å². The van der Waals surface area contributed by atoms with E-state index in [9.17, 15) is 13.2 Å². The third-order valence-electron chi connectivity index (χ3n) is 4.19. The maximum atomic E-state index is 12.3. The summed E-state index contributed by atoms with van der Waals surface area (Å²) in [5.41, 5.74) is 2.07. The second-order valence-corrected chi connectivity index (χ2v) is 7.67. The second kappa shape index (κ2) is 7.15. The van der Waals surface area contributed by atoms with Crippen LogP contribution in [0.3, 0.4) is 0 Å². The van der Waals surface area contributed by atoms with Crippen molar-refractivity contribution in [2.45, 2.75) is 23.7 Å². The SMILES string of the molecule is O=C1C[C@@H](c2ccc(S(=O)(=O)NCCc3ccccc3)cc2)CN1. The number of amides is 1. The highest BCUT2D eigenvalue weighted by Gasteiger charge is 2.23. The van der Waals surface area contributed by atoms with Crippen molar-refractivity contribution in [2.24, 2.45) is 0 Å². The van der Waals surface area contributed by atoms with Crippen molar-refractivity contribution in [2.75, 3.05) is 13.1 Å². The Morgan fingerprint density at radius 3 is 2.38 bits per heavy atom. The summed E-state index contributed by atoms with van der Waals surface area (Å²) in [7, 11) is -3.51. The number of carbonyl (C=O) groups is 1. The lowest BCUT2D eigenvalue weighted by Gasteiger charge is -2.10. The number of sulfonamides is 1. The van der Waals surface area contributed by atoms with Gasteiger partial charge in [-0.15, -0.1) is 0 Å². The highest BCUT2D eigenvalue weighted by molar-refractivity contribution is 7.89. The van der Waals surface area contributed by atoms with E-state index in [4.69, 9.17) is 0 Å². The first-order valence-corrected chi connectivity index (χ1v) is 9.43. The molecule has 0 radical (unpaired) electrons. The first kappa shape index (κ1) is 16.7. The molecule has 2 N–H and O–H groups in total. The van der Waals surface area contributed by atoms with Crippen LogP contribution in [0.4, 0.5) is 0 Å². The lowest BCUT2D eigenvalue weighted by atomic mass is 9.99. The Labute approximate surface area is 142 Å². The number of hydrogen-bond donors (Lipinski definition) is 2. The van der Waals surface area contributed by atoms with Crippen LogP contribution < -0.4 is 10.0 Å². The fourth-order valence-electron chi connectivity index (χ4n) is 2.82. The minimum absolute atomic E-state index is 0.0410. The summed E-state index contributed by atoms with van der Waals surface area (Å²) in [6, 6.07) is 16.5. The maximum absolute atomic E-state index is 12.3. The van der Waals surface area contributed by atoms with Crippen molar-refractivity contribution in [3.05, 3.63) is 65.7 Å². The van der Waals surface area contributed by atoms with Crippen LogP contribution in [0, 0.1) is 0 Å². The maximum Gasteiger partial charge on any atom is 0.240 e. The minimum atomic E-state index is -3.51. The van der Waals surface area contributed by atoms with Crippen LogP contribution in [0.1, 0.15) is 23.5 Å². The molecular weight excluding hydrogens is 324 g/mol. The Bertz CT molecular complexity index is 802. The molecule has 24 heavy (non-hydrogen) atoms. The summed E-state index contributed by atoms with van der Waals surface area (Å²) >= 11 is 0. The van der Waals surface area contributed by atoms with Gasteiger partial charge in [0.1, 0.15) is 0 Å². The molecule has 1 aliphatic rings. The Balaban J connectivity index is 1.61. The number of hydrogen-bond acceptors (Lipinski definition) is 3. The number of benzene rings is 2. The van der Waals surface area contributed by atoms with Gasteiger partial charge in [0, 0.05) is 25.4 Å². The molecule has 1 saturated heterocycles. The normalized spacial score (nSPS) is 17.7. The summed E-state index contributed by atoms with van der Waals surface area (Å²) in [6.45, 7) is 0.968. The fraction of sp³-hybridized carbons (Fsp3) is 0.278. The Hall–Kier alpha value is -2.18. The van der Waals surface area contributed by atoms with Gasteiger partial charge in [0.05, 0.1) is 4.90 Å². The van der Waals surface area contributed by atoms with Gasteiger partial charge in [-0.2, -0.15) is 0 Å². The molecule has 6 heteroatoms. The van der Waals surface area contributed by atoms with Gasteiger partial charge in [0.15, 0.2) is 0 Å². The molecule has 3 rings (SSSR count). The summed E-state index contributed by atoms with van der Waals surface area (Å²) in [4.78, 5) is 11.5. The number of carbonyl (C=O) groups excluding carboxylic acids is 1. The number of nitrogens with one attached hydrogen (secondary N) is 2. The van der Waals surface area contributed by atoms with E-state index in [0.29, 0.717) is 25.9 Å². The van der Waals surface area contributed by atoms with Crippen LogP contribution in [-0.2, 0) is 21.2 Å². The standard InChI is InChI=1S/C18H20N2O3S/c21-18-12-16(13-19-18)15-6-8-17(9-7-15)24(22,23)20-11-10-14-4-2-1-3-5-14/h1-9,16,20H,10-13H2,(H,19,21)/t16-/m1/s1. The molecule has 0 bridgehead atoms. The van der Waals surface area contributed by atoms with Gasteiger partial charge in [-0.25, -0.2) is 13.1 Å². The van der Waals surface area contributed by atoms with Crippen molar-refractivity contribution < 1.29 is 13.2 Å². The minimum Gasteiger partial charge on any atom is -0.355 e. The van der Waals surface area contributed by atoms with E-state index >= 15 is 0 Å². The number of rotatable bonds is 6. The van der Waals surface area contributed by atoms with E-state index in [1.807, 2.05) is 30.3 Å². The predicted molar refractivity (Wildman–Crippen MR) is 92.1 cm³/mol. The molecule has 1 atom stereocenters. The van der Waals surface area contributed by atoms with E-state index in [1.54, 1.807) is 24.3 Å². The molecule has 5 nitrogen and oxygen atoms in total. The highest BCUT2D eigenvalue weighted by Crippen LogP contribution is 2.24. The first-order valence-electron chi connectivity index (χ1n) is 7.95. The van der Waals surface area contributed by atoms with E-state index in [2.05, 4.69) is 10.0 Å². The van der Waals surface area contributed by atoms with E-state index < -0.39 is 10.0 Å². The molecule has 2 aromatic rings. The largest absolute Gasteiger partial charge is 0.355 e. The van der Waals surface area contributed by atoms with Gasteiger partial charge >= 0.3 is 0 Å². The Morgan fingerprint density at radius 1 is 1.04 bits per heavy atom. The third kappa shape index (κ3) is 4.01. The van der Waals surface area contributed by atoms with Gasteiger partial charge in [-0.05, 0) is 29.7 Å². The molecular formula is C18H20N2O3S. The van der Waals surface area contributed by atoms with Gasteiger partial charge in [0.25, 0.3) is 0 Å². The van der Waals surface area contributed by atoms with Crippen LogP contribution in [0.25, 0.3) is 0 Å². The Morgan fingerprint density at radius 2 is 1.75 bits per heavy atom. The topological polar surface area (TPSA) is 75.3 Å². The van der Waals surface area contributed by atoms with Crippen LogP contribution in [0.15, 0.2) is 59.5 Å². The molecule has 126 valence electrons. The molecule has 1 aliphatic heterocycles. The zero-order valence-corrected chi connectivity index (χ0v) is 14.1. The second-order valence-electron chi connectivity index (χ2n) is 5.91. The lowest BCUT2D eigenvalue weighted by Crippen LogP contribution is -2.26. The molecule has 0 aliphatic carbocycles. The van der Waals surface area contributed by atoms with Gasteiger partial charge in [-0.3, -0.25) is 4.79 Å². The monoisotopic (exact) mass is 344 g/mol. The highest BCUT2D eigenvalue weighted by atomic mass is 32.2. The molecule has 0 saturated carbocycles. The molecule has 0 unspecified atom stereocenters. The summed E-state index contributed by atoms with van der Waals surface area (Å²) in [5, 5.41) is 2.79. The van der Waals surface area contributed by atoms with Gasteiger partial charge < -0.3 is 5.32 Å². The molecule has 1 amide bonds. The van der Waals surface area contributed by atoms with Crippen molar-refractivity contribution in [1.29, 1.82) is 0 Å². The molecule has 0 aromatic heterocycles. The third-order valence-corrected chi connectivity index (χ3v) is 5.66. The van der Waals surface area contributed by atoms with Crippen LogP contribution >= 0.6 is 0 Å². The van der Waals surface area contributed by atoms with Crippen molar-refractivity contribution >= 4 is 15.9 Å². The summed E-state index contributed by atoms with van der Waals surface area (Å²) in [6.07, 6.45) is 1.11. The zero-order valence-electron chi connectivity index (χ0n) is 13.2. The molecule has 1 heterocycles. The fourth-order valence-corrected chi connectivity index (χ4v) is 3.85. The summed E-state index contributed by atoms with van der Waals surface area (Å²) in [5.74, 6) is 0.166. The smallest absolute Gasteiger partial charge is 0.240 e. The van der Waals surface area contributed by atoms with Crippen molar-refractivity contribution in [3.63, 3.8) is 0 Å². The quantitative estimate of drug-likeness (QED) is 0.839. The van der Waals surface area contributed by atoms with Crippen molar-refractivity contribution in [3.8, 4) is 0 Å².